The van der Waals surface area contributed by atoms with E-state index in [2.05, 4.69) is 25.9 Å². The highest BCUT2D eigenvalue weighted by Crippen LogP contribution is 2.17. The minimum Gasteiger partial charge on any atom is -0.354 e. The predicted molar refractivity (Wildman–Crippen MR) is 65.7 cm³/mol. The van der Waals surface area contributed by atoms with Gasteiger partial charge in [0.15, 0.2) is 0 Å². The number of sulfonamides is 1. The van der Waals surface area contributed by atoms with Crippen LogP contribution in [0, 0.1) is 0 Å². The van der Waals surface area contributed by atoms with Crippen LogP contribution < -0.4 is 0 Å². The van der Waals surface area contributed by atoms with Crippen LogP contribution >= 0.6 is 0 Å². The number of hydrogen-bond donors (Lipinski definition) is 0. The van der Waals surface area contributed by atoms with E-state index in [1.807, 2.05) is 4.90 Å². The zero-order chi connectivity index (χ0) is 12.6. The van der Waals surface area contributed by atoms with Crippen molar-refractivity contribution in [3.8, 4) is 0 Å². The van der Waals surface area contributed by atoms with Crippen LogP contribution in [0.2, 0.25) is 0 Å². The summed E-state index contributed by atoms with van der Waals surface area (Å²) in [4.78, 5) is 2.04. The zero-order valence-corrected chi connectivity index (χ0v) is 11.5. The second kappa shape index (κ2) is 4.24. The molecule has 16 heavy (non-hydrogen) atoms. The quantitative estimate of drug-likeness (QED) is 0.734. The van der Waals surface area contributed by atoms with Gasteiger partial charge in [-0.05, 0) is 34.6 Å². The summed E-state index contributed by atoms with van der Waals surface area (Å²) in [6.07, 6.45) is 1.61. The van der Waals surface area contributed by atoms with Gasteiger partial charge in [0.1, 0.15) is 6.34 Å². The highest BCUT2D eigenvalue weighted by atomic mass is 32.2. The third-order valence-electron chi connectivity index (χ3n) is 2.60. The molecule has 0 atom stereocenters. The fraction of sp³-hybridized carbons (Fsp3) is 0.900. The smallest absolute Gasteiger partial charge is 0.252 e. The van der Waals surface area contributed by atoms with Crippen LogP contribution in [0.3, 0.4) is 0 Å². The molecule has 0 aliphatic carbocycles. The Kier molecular flexibility index (Phi) is 3.52. The van der Waals surface area contributed by atoms with Crippen molar-refractivity contribution in [1.29, 1.82) is 0 Å². The van der Waals surface area contributed by atoms with E-state index < -0.39 is 15.3 Å². The Morgan fingerprint density at radius 3 is 2.12 bits per heavy atom. The van der Waals surface area contributed by atoms with E-state index in [4.69, 9.17) is 0 Å². The van der Waals surface area contributed by atoms with Crippen LogP contribution in [0.4, 0.5) is 0 Å². The first-order valence-corrected chi connectivity index (χ1v) is 6.98. The Morgan fingerprint density at radius 1 is 1.25 bits per heavy atom. The molecular weight excluding hydrogens is 226 g/mol. The molecule has 1 aliphatic heterocycles. The zero-order valence-electron chi connectivity index (χ0n) is 10.6. The van der Waals surface area contributed by atoms with Crippen LogP contribution in [0.15, 0.2) is 5.10 Å². The van der Waals surface area contributed by atoms with Gasteiger partial charge in [-0.2, -0.15) is 9.52 Å². The molecule has 0 unspecified atom stereocenters. The minimum atomic E-state index is -3.26. The van der Waals surface area contributed by atoms with Gasteiger partial charge in [-0.15, -0.1) is 0 Å². The van der Waals surface area contributed by atoms with Crippen LogP contribution in [0.5, 0.6) is 0 Å². The average molecular weight is 247 g/mol. The van der Waals surface area contributed by atoms with Crippen molar-refractivity contribution in [2.75, 3.05) is 13.1 Å². The molecule has 5 nitrogen and oxygen atoms in total. The summed E-state index contributed by atoms with van der Waals surface area (Å²) in [5.41, 5.74) is -0.0167. The first-order valence-electron chi connectivity index (χ1n) is 5.48. The standard InChI is InChI=1S/C10H21N3O2S/c1-9(2)16(14,15)13-7-6-12(8-11-13)10(3,4)5/h8-9H,6-7H2,1-5H3. The Hall–Kier alpha value is -0.780. The van der Waals surface area contributed by atoms with Gasteiger partial charge in [-0.1, -0.05) is 0 Å². The number of hydrazone groups is 1. The fourth-order valence-electron chi connectivity index (χ4n) is 1.37. The van der Waals surface area contributed by atoms with Crippen LogP contribution in [0.1, 0.15) is 34.6 Å². The van der Waals surface area contributed by atoms with Crippen molar-refractivity contribution in [3.63, 3.8) is 0 Å². The fourth-order valence-corrected chi connectivity index (χ4v) is 2.37. The molecule has 6 heteroatoms. The van der Waals surface area contributed by atoms with E-state index in [-0.39, 0.29) is 5.54 Å². The second-order valence-corrected chi connectivity index (χ2v) is 7.63. The van der Waals surface area contributed by atoms with Crippen LogP contribution in [-0.4, -0.2) is 47.9 Å². The topological polar surface area (TPSA) is 53.0 Å². The van der Waals surface area contributed by atoms with Crippen molar-refractivity contribution in [1.82, 2.24) is 9.31 Å². The van der Waals surface area contributed by atoms with Gasteiger partial charge < -0.3 is 4.90 Å². The van der Waals surface area contributed by atoms with Crippen LogP contribution in [0.25, 0.3) is 0 Å². The monoisotopic (exact) mass is 247 g/mol. The Balaban J connectivity index is 2.81. The maximum Gasteiger partial charge on any atom is 0.252 e. The van der Waals surface area contributed by atoms with E-state index in [0.29, 0.717) is 13.1 Å². The third kappa shape index (κ3) is 2.66. The lowest BCUT2D eigenvalue weighted by Crippen LogP contribution is -2.49. The normalized spacial score (nSPS) is 18.4. The second-order valence-electron chi connectivity index (χ2n) is 5.23. The van der Waals surface area contributed by atoms with E-state index in [9.17, 15) is 8.42 Å². The van der Waals surface area contributed by atoms with E-state index in [0.717, 1.165) is 0 Å². The summed E-state index contributed by atoms with van der Waals surface area (Å²) in [6, 6.07) is 0. The number of rotatable bonds is 2. The molecule has 0 aromatic carbocycles. The molecule has 0 aromatic heterocycles. The lowest BCUT2D eigenvalue weighted by Gasteiger charge is -2.38. The molecule has 0 bridgehead atoms. The molecule has 0 saturated heterocycles. The summed E-state index contributed by atoms with van der Waals surface area (Å²) in [5, 5.41) is 3.59. The molecule has 0 N–H and O–H groups in total. The highest BCUT2D eigenvalue weighted by Gasteiger charge is 2.29. The van der Waals surface area contributed by atoms with Crippen molar-refractivity contribution in [3.05, 3.63) is 0 Å². The Morgan fingerprint density at radius 2 is 1.81 bits per heavy atom. The lowest BCUT2D eigenvalue weighted by molar-refractivity contribution is 0.207. The van der Waals surface area contributed by atoms with E-state index >= 15 is 0 Å². The SMILES string of the molecule is CC(C)S(=O)(=O)N1CCN(C(C)(C)C)C=N1. The van der Waals surface area contributed by atoms with E-state index in [1.54, 1.807) is 20.2 Å². The van der Waals surface area contributed by atoms with Gasteiger partial charge in [0, 0.05) is 12.1 Å². The first-order chi connectivity index (χ1) is 7.15. The maximum atomic E-state index is 11.8. The Bertz CT molecular complexity index is 368. The van der Waals surface area contributed by atoms with Crippen molar-refractivity contribution >= 4 is 16.4 Å². The van der Waals surface area contributed by atoms with Gasteiger partial charge >= 0.3 is 0 Å². The molecule has 1 rings (SSSR count). The van der Waals surface area contributed by atoms with Gasteiger partial charge in [0.2, 0.25) is 0 Å². The largest absolute Gasteiger partial charge is 0.354 e. The van der Waals surface area contributed by atoms with Crippen LogP contribution in [-0.2, 0) is 10.0 Å². The summed E-state index contributed by atoms with van der Waals surface area (Å²) < 4.78 is 24.9. The highest BCUT2D eigenvalue weighted by molar-refractivity contribution is 7.89. The predicted octanol–water partition coefficient (Wildman–Crippen LogP) is 1.08. The van der Waals surface area contributed by atoms with Gasteiger partial charge in [-0.3, -0.25) is 0 Å². The average Bonchev–Trinajstić information content (AvgIpc) is 2.16. The maximum absolute atomic E-state index is 11.8. The molecule has 0 saturated carbocycles. The van der Waals surface area contributed by atoms with Crippen molar-refractivity contribution < 1.29 is 8.42 Å². The first kappa shape index (κ1) is 13.3. The molecule has 0 radical (unpaired) electrons. The van der Waals surface area contributed by atoms with Gasteiger partial charge in [0.25, 0.3) is 10.0 Å². The molecule has 0 fully saturated rings. The van der Waals surface area contributed by atoms with Gasteiger partial charge in [0.05, 0.1) is 11.8 Å². The molecular formula is C10H21N3O2S. The molecule has 94 valence electrons. The Labute approximate surface area is 98.2 Å². The minimum absolute atomic E-state index is 0.0167. The molecule has 1 aliphatic rings. The molecule has 0 spiro atoms. The molecule has 0 aromatic rings. The number of nitrogens with zero attached hydrogens (tertiary/aromatic N) is 3. The molecule has 1 heterocycles. The van der Waals surface area contributed by atoms with Crippen molar-refractivity contribution in [2.45, 2.75) is 45.4 Å². The summed E-state index contributed by atoms with van der Waals surface area (Å²) >= 11 is 0. The summed E-state index contributed by atoms with van der Waals surface area (Å²) in [6.45, 7) is 10.7. The summed E-state index contributed by atoms with van der Waals surface area (Å²) in [7, 11) is -3.26. The van der Waals surface area contributed by atoms with E-state index in [1.165, 1.54) is 4.41 Å². The van der Waals surface area contributed by atoms with Crippen molar-refractivity contribution in [2.24, 2.45) is 5.10 Å². The summed E-state index contributed by atoms with van der Waals surface area (Å²) in [5.74, 6) is 0. The number of hydrogen-bond acceptors (Lipinski definition) is 4. The third-order valence-corrected chi connectivity index (χ3v) is 4.66. The molecule has 0 amide bonds. The lowest BCUT2D eigenvalue weighted by atomic mass is 10.1. The van der Waals surface area contributed by atoms with Gasteiger partial charge in [-0.25, -0.2) is 8.42 Å².